The van der Waals surface area contributed by atoms with Crippen LogP contribution in [0.25, 0.3) is 0 Å². The molecule has 1 saturated carbocycles. The standard InChI is InChI=1S/C13H12BrN3O2/c1-7-9(3-2-4-10(7)14)11(18)15-13-17-16-12(19-13)8-5-6-8/h2-4,8H,5-6H2,1H3,(H,15,17,18). The monoisotopic (exact) mass is 321 g/mol. The molecule has 1 aliphatic carbocycles. The third-order valence-corrected chi connectivity index (χ3v) is 3.96. The predicted octanol–water partition coefficient (Wildman–Crippen LogP) is 3.27. The van der Waals surface area contributed by atoms with E-state index in [9.17, 15) is 4.79 Å². The van der Waals surface area contributed by atoms with Gasteiger partial charge in [0.25, 0.3) is 5.91 Å². The van der Waals surface area contributed by atoms with Crippen molar-refractivity contribution in [2.45, 2.75) is 25.7 Å². The van der Waals surface area contributed by atoms with E-state index in [2.05, 4.69) is 31.4 Å². The lowest BCUT2D eigenvalue weighted by molar-refractivity contribution is 0.102. The van der Waals surface area contributed by atoms with Crippen molar-refractivity contribution in [2.75, 3.05) is 5.32 Å². The van der Waals surface area contributed by atoms with E-state index >= 15 is 0 Å². The Labute approximate surface area is 118 Å². The van der Waals surface area contributed by atoms with Crippen molar-refractivity contribution >= 4 is 27.9 Å². The molecular formula is C13H12BrN3O2. The van der Waals surface area contributed by atoms with E-state index in [0.29, 0.717) is 17.4 Å². The van der Waals surface area contributed by atoms with E-state index in [1.807, 2.05) is 19.1 Å². The number of carbonyl (C=O) groups excluding carboxylic acids is 1. The number of benzene rings is 1. The van der Waals surface area contributed by atoms with Gasteiger partial charge in [-0.25, -0.2) is 0 Å². The highest BCUT2D eigenvalue weighted by Crippen LogP contribution is 2.39. The lowest BCUT2D eigenvalue weighted by Gasteiger charge is -2.05. The minimum Gasteiger partial charge on any atom is -0.408 e. The van der Waals surface area contributed by atoms with E-state index in [0.717, 1.165) is 22.9 Å². The molecule has 5 nitrogen and oxygen atoms in total. The van der Waals surface area contributed by atoms with Crippen LogP contribution in [0.15, 0.2) is 27.1 Å². The molecule has 3 rings (SSSR count). The number of aromatic nitrogens is 2. The van der Waals surface area contributed by atoms with Crippen LogP contribution < -0.4 is 5.32 Å². The van der Waals surface area contributed by atoms with E-state index in [1.54, 1.807) is 6.07 Å². The number of nitrogens with zero attached hydrogens (tertiary/aromatic N) is 2. The van der Waals surface area contributed by atoms with Crippen LogP contribution in [-0.2, 0) is 0 Å². The molecule has 0 bridgehead atoms. The summed E-state index contributed by atoms with van der Waals surface area (Å²) < 4.78 is 6.30. The van der Waals surface area contributed by atoms with Crippen molar-refractivity contribution in [3.05, 3.63) is 39.7 Å². The molecule has 1 heterocycles. The molecule has 1 fully saturated rings. The van der Waals surface area contributed by atoms with Gasteiger partial charge in [0, 0.05) is 16.0 Å². The summed E-state index contributed by atoms with van der Waals surface area (Å²) in [6.07, 6.45) is 2.17. The van der Waals surface area contributed by atoms with Crippen LogP contribution in [0.4, 0.5) is 6.01 Å². The minimum atomic E-state index is -0.246. The Kier molecular flexibility index (Phi) is 3.10. The molecule has 19 heavy (non-hydrogen) atoms. The first kappa shape index (κ1) is 12.3. The normalized spacial score (nSPS) is 14.4. The third-order valence-electron chi connectivity index (χ3n) is 3.10. The fraction of sp³-hybridized carbons (Fsp3) is 0.308. The molecule has 6 heteroatoms. The smallest absolute Gasteiger partial charge is 0.322 e. The molecule has 98 valence electrons. The number of hydrogen-bond acceptors (Lipinski definition) is 4. The highest BCUT2D eigenvalue weighted by atomic mass is 79.9. The average molecular weight is 322 g/mol. The second kappa shape index (κ2) is 4.77. The van der Waals surface area contributed by atoms with Crippen molar-refractivity contribution in [2.24, 2.45) is 0 Å². The molecule has 0 saturated heterocycles. The number of carbonyl (C=O) groups is 1. The fourth-order valence-electron chi connectivity index (χ4n) is 1.80. The van der Waals surface area contributed by atoms with E-state index in [4.69, 9.17) is 4.42 Å². The largest absolute Gasteiger partial charge is 0.408 e. The quantitative estimate of drug-likeness (QED) is 0.942. The van der Waals surface area contributed by atoms with Gasteiger partial charge in [0.2, 0.25) is 5.89 Å². The minimum absolute atomic E-state index is 0.159. The Balaban J connectivity index is 1.78. The number of rotatable bonds is 3. The van der Waals surface area contributed by atoms with Gasteiger partial charge in [-0.15, -0.1) is 5.10 Å². The molecule has 0 unspecified atom stereocenters. The summed E-state index contributed by atoms with van der Waals surface area (Å²) in [7, 11) is 0. The second-order valence-electron chi connectivity index (χ2n) is 4.59. The maximum atomic E-state index is 12.1. The van der Waals surface area contributed by atoms with Crippen molar-refractivity contribution in [3.63, 3.8) is 0 Å². The maximum absolute atomic E-state index is 12.1. The molecule has 2 aromatic rings. The fourth-order valence-corrected chi connectivity index (χ4v) is 2.16. The van der Waals surface area contributed by atoms with E-state index in [-0.39, 0.29) is 11.9 Å². The molecule has 1 amide bonds. The van der Waals surface area contributed by atoms with Gasteiger partial charge in [0.1, 0.15) is 0 Å². The Bertz CT molecular complexity index is 635. The predicted molar refractivity (Wildman–Crippen MR) is 73.1 cm³/mol. The summed E-state index contributed by atoms with van der Waals surface area (Å²) in [6.45, 7) is 1.88. The molecule has 0 spiro atoms. The molecule has 1 N–H and O–H groups in total. The van der Waals surface area contributed by atoms with Crippen molar-refractivity contribution in [1.82, 2.24) is 10.2 Å². The van der Waals surface area contributed by atoms with Crippen LogP contribution in [0, 0.1) is 6.92 Å². The molecule has 0 atom stereocenters. The zero-order valence-corrected chi connectivity index (χ0v) is 11.9. The van der Waals surface area contributed by atoms with Crippen molar-refractivity contribution in [3.8, 4) is 0 Å². The molecular weight excluding hydrogens is 310 g/mol. The Morgan fingerprint density at radius 3 is 2.95 bits per heavy atom. The van der Waals surface area contributed by atoms with Crippen LogP contribution in [-0.4, -0.2) is 16.1 Å². The molecule has 1 aromatic heterocycles. The van der Waals surface area contributed by atoms with Gasteiger partial charge in [-0.3, -0.25) is 10.1 Å². The van der Waals surface area contributed by atoms with Crippen molar-refractivity contribution in [1.29, 1.82) is 0 Å². The first-order chi connectivity index (χ1) is 9.15. The number of halogens is 1. The summed E-state index contributed by atoms with van der Waals surface area (Å²) >= 11 is 3.40. The summed E-state index contributed by atoms with van der Waals surface area (Å²) in [6, 6.07) is 5.62. The number of anilines is 1. The first-order valence-electron chi connectivity index (χ1n) is 6.05. The van der Waals surface area contributed by atoms with Crippen molar-refractivity contribution < 1.29 is 9.21 Å². The average Bonchev–Trinajstić information content (AvgIpc) is 3.14. The molecule has 1 aromatic carbocycles. The third kappa shape index (κ3) is 2.53. The molecule has 0 aliphatic heterocycles. The van der Waals surface area contributed by atoms with Gasteiger partial charge in [0.05, 0.1) is 0 Å². The van der Waals surface area contributed by atoms with Gasteiger partial charge in [-0.05, 0) is 37.5 Å². The summed E-state index contributed by atoms with van der Waals surface area (Å²) in [5.41, 5.74) is 1.46. The van der Waals surface area contributed by atoms with Gasteiger partial charge >= 0.3 is 6.01 Å². The topological polar surface area (TPSA) is 68.0 Å². The van der Waals surface area contributed by atoms with Crippen LogP contribution in [0.1, 0.15) is 40.6 Å². The van der Waals surface area contributed by atoms with Gasteiger partial charge in [-0.2, -0.15) is 0 Å². The van der Waals surface area contributed by atoms with Crippen LogP contribution in [0.5, 0.6) is 0 Å². The van der Waals surface area contributed by atoms with Gasteiger partial charge in [-0.1, -0.05) is 27.1 Å². The lowest BCUT2D eigenvalue weighted by atomic mass is 10.1. The Morgan fingerprint density at radius 1 is 1.42 bits per heavy atom. The lowest BCUT2D eigenvalue weighted by Crippen LogP contribution is -2.13. The summed E-state index contributed by atoms with van der Waals surface area (Å²) in [4.78, 5) is 12.1. The van der Waals surface area contributed by atoms with Crippen LogP contribution in [0.3, 0.4) is 0 Å². The van der Waals surface area contributed by atoms with Crippen LogP contribution in [0.2, 0.25) is 0 Å². The Morgan fingerprint density at radius 2 is 2.21 bits per heavy atom. The number of nitrogens with one attached hydrogen (secondary N) is 1. The van der Waals surface area contributed by atoms with E-state index < -0.39 is 0 Å². The van der Waals surface area contributed by atoms with E-state index in [1.165, 1.54) is 0 Å². The number of hydrogen-bond donors (Lipinski definition) is 1. The molecule has 0 radical (unpaired) electrons. The highest BCUT2D eigenvalue weighted by Gasteiger charge is 2.29. The Hall–Kier alpha value is -1.69. The molecule has 1 aliphatic rings. The zero-order valence-electron chi connectivity index (χ0n) is 10.3. The summed E-state index contributed by atoms with van der Waals surface area (Å²) in [5.74, 6) is 0.747. The SMILES string of the molecule is Cc1c(Br)cccc1C(=O)Nc1nnc(C2CC2)o1. The maximum Gasteiger partial charge on any atom is 0.322 e. The number of amides is 1. The highest BCUT2D eigenvalue weighted by molar-refractivity contribution is 9.10. The van der Waals surface area contributed by atoms with Crippen LogP contribution >= 0.6 is 15.9 Å². The van der Waals surface area contributed by atoms with Gasteiger partial charge < -0.3 is 4.42 Å². The van der Waals surface area contributed by atoms with Gasteiger partial charge in [0.15, 0.2) is 0 Å². The second-order valence-corrected chi connectivity index (χ2v) is 5.44. The summed E-state index contributed by atoms with van der Waals surface area (Å²) in [5, 5.41) is 10.4. The first-order valence-corrected chi connectivity index (χ1v) is 6.84. The zero-order chi connectivity index (χ0) is 13.4.